The van der Waals surface area contributed by atoms with Crippen molar-refractivity contribution in [2.24, 2.45) is 0 Å². The van der Waals surface area contributed by atoms with E-state index in [1.807, 2.05) is 22.9 Å². The molecule has 0 saturated carbocycles. The van der Waals surface area contributed by atoms with Gasteiger partial charge in [0.15, 0.2) is 5.13 Å². The van der Waals surface area contributed by atoms with Crippen LogP contribution in [0, 0.1) is 0 Å². The summed E-state index contributed by atoms with van der Waals surface area (Å²) >= 11 is 14.0. The van der Waals surface area contributed by atoms with Gasteiger partial charge in [0.25, 0.3) is 5.91 Å². The number of para-hydroxylation sites is 1. The van der Waals surface area contributed by atoms with Crippen LogP contribution in [0.2, 0.25) is 10.0 Å². The Morgan fingerprint density at radius 3 is 2.87 bits per heavy atom. The van der Waals surface area contributed by atoms with Gasteiger partial charge in [0.2, 0.25) is 0 Å². The Labute approximate surface area is 188 Å². The number of anilines is 1. The summed E-state index contributed by atoms with van der Waals surface area (Å²) in [6.45, 7) is 3.35. The maximum Gasteiger partial charge on any atom is 0.261 e. The Bertz CT molecular complexity index is 1170. The highest BCUT2D eigenvalue weighted by atomic mass is 35.5. The van der Waals surface area contributed by atoms with Gasteiger partial charge in [-0.25, -0.2) is 9.97 Å². The lowest BCUT2D eigenvalue weighted by atomic mass is 10.1. The van der Waals surface area contributed by atoms with E-state index in [4.69, 9.17) is 28.2 Å². The molecular weight excluding hydrogens is 439 g/mol. The van der Waals surface area contributed by atoms with Crippen molar-refractivity contribution in [1.29, 1.82) is 0 Å². The maximum absolute atomic E-state index is 13.5. The van der Waals surface area contributed by atoms with Crippen LogP contribution in [0.1, 0.15) is 29.3 Å². The number of amides is 1. The molecule has 4 rings (SSSR count). The summed E-state index contributed by atoms with van der Waals surface area (Å²) in [5.74, 6) is -0.203. The topological polar surface area (TPSA) is 51.0 Å². The number of thiazole rings is 1. The molecule has 4 aromatic rings. The second-order valence-corrected chi connectivity index (χ2v) is 8.70. The van der Waals surface area contributed by atoms with Crippen LogP contribution in [-0.4, -0.2) is 27.0 Å². The molecule has 0 aliphatic carbocycles. The predicted molar refractivity (Wildman–Crippen MR) is 124 cm³/mol. The SMILES string of the molecule is CCc1cccc2sc(N(CCCn3ccnc3)C(=O)c3cc(Cl)ccc3Cl)nc12. The van der Waals surface area contributed by atoms with Crippen molar-refractivity contribution >= 4 is 55.8 Å². The van der Waals surface area contributed by atoms with Crippen LogP contribution in [0.3, 0.4) is 0 Å². The third-order valence-corrected chi connectivity index (χ3v) is 6.47. The monoisotopic (exact) mass is 458 g/mol. The Kier molecular flexibility index (Phi) is 6.37. The fourth-order valence-electron chi connectivity index (χ4n) is 3.32. The number of nitrogens with zero attached hydrogens (tertiary/aromatic N) is 4. The predicted octanol–water partition coefficient (Wildman–Crippen LogP) is 6.10. The molecule has 0 aliphatic heterocycles. The van der Waals surface area contributed by atoms with Gasteiger partial charge in [0, 0.05) is 30.5 Å². The van der Waals surface area contributed by atoms with Crippen molar-refractivity contribution in [3.05, 3.63) is 76.3 Å². The van der Waals surface area contributed by atoms with Gasteiger partial charge in [0.1, 0.15) is 0 Å². The molecule has 5 nitrogen and oxygen atoms in total. The summed E-state index contributed by atoms with van der Waals surface area (Å²) in [7, 11) is 0. The zero-order valence-electron chi connectivity index (χ0n) is 16.4. The Morgan fingerprint density at radius 2 is 2.10 bits per heavy atom. The summed E-state index contributed by atoms with van der Waals surface area (Å²) in [5.41, 5.74) is 2.49. The first kappa shape index (κ1) is 20.8. The lowest BCUT2D eigenvalue weighted by molar-refractivity contribution is 0.0986. The average molecular weight is 459 g/mol. The molecule has 0 saturated heterocycles. The third kappa shape index (κ3) is 4.36. The van der Waals surface area contributed by atoms with Crippen LogP contribution in [0.15, 0.2) is 55.1 Å². The van der Waals surface area contributed by atoms with Crippen LogP contribution in [0.25, 0.3) is 10.2 Å². The van der Waals surface area contributed by atoms with E-state index < -0.39 is 0 Å². The number of aryl methyl sites for hydroxylation is 2. The second-order valence-electron chi connectivity index (χ2n) is 6.85. The lowest BCUT2D eigenvalue weighted by Gasteiger charge is -2.21. The van der Waals surface area contributed by atoms with Crippen molar-refractivity contribution in [2.45, 2.75) is 26.3 Å². The smallest absolute Gasteiger partial charge is 0.261 e. The molecule has 0 radical (unpaired) electrons. The van der Waals surface area contributed by atoms with Gasteiger partial charge in [-0.2, -0.15) is 0 Å². The fraction of sp³-hybridized carbons (Fsp3) is 0.227. The largest absolute Gasteiger partial charge is 0.337 e. The number of carbonyl (C=O) groups is 1. The van der Waals surface area contributed by atoms with Gasteiger partial charge in [0.05, 0.1) is 27.1 Å². The van der Waals surface area contributed by atoms with Crippen LogP contribution in [-0.2, 0) is 13.0 Å². The van der Waals surface area contributed by atoms with Crippen molar-refractivity contribution in [1.82, 2.24) is 14.5 Å². The van der Waals surface area contributed by atoms with Gasteiger partial charge in [-0.05, 0) is 42.7 Å². The first-order valence-electron chi connectivity index (χ1n) is 9.68. The van der Waals surface area contributed by atoms with Crippen molar-refractivity contribution in [2.75, 3.05) is 11.4 Å². The minimum atomic E-state index is -0.203. The standard InChI is InChI=1S/C22H20Cl2N4OS/c1-2-15-5-3-6-19-20(15)26-22(30-19)28(11-4-10-27-12-9-25-14-27)21(29)17-13-16(23)7-8-18(17)24/h3,5-9,12-14H,2,4,10-11H2,1H3. The van der Waals surface area contributed by atoms with Crippen molar-refractivity contribution in [3.63, 3.8) is 0 Å². The number of hydrogen-bond acceptors (Lipinski definition) is 4. The van der Waals surface area contributed by atoms with E-state index in [1.54, 1.807) is 35.6 Å². The van der Waals surface area contributed by atoms with E-state index >= 15 is 0 Å². The number of halogens is 2. The van der Waals surface area contributed by atoms with Gasteiger partial charge in [-0.1, -0.05) is 53.6 Å². The van der Waals surface area contributed by atoms with Crippen LogP contribution in [0.5, 0.6) is 0 Å². The van der Waals surface area contributed by atoms with E-state index in [9.17, 15) is 4.79 Å². The molecule has 0 bridgehead atoms. The number of aromatic nitrogens is 3. The van der Waals surface area contributed by atoms with Crippen molar-refractivity contribution < 1.29 is 4.79 Å². The summed E-state index contributed by atoms with van der Waals surface area (Å²) in [4.78, 5) is 24.1. The summed E-state index contributed by atoms with van der Waals surface area (Å²) in [5, 5.41) is 1.51. The molecule has 1 amide bonds. The number of fused-ring (bicyclic) bond motifs is 1. The molecule has 0 atom stereocenters. The second kappa shape index (κ2) is 9.16. The lowest BCUT2D eigenvalue weighted by Crippen LogP contribution is -2.32. The number of hydrogen-bond donors (Lipinski definition) is 0. The number of benzene rings is 2. The molecule has 8 heteroatoms. The third-order valence-electron chi connectivity index (χ3n) is 4.86. The quantitative estimate of drug-likeness (QED) is 0.336. The molecule has 0 aliphatic rings. The molecule has 2 aromatic heterocycles. The van der Waals surface area contributed by atoms with Gasteiger partial charge < -0.3 is 4.57 Å². The summed E-state index contributed by atoms with van der Waals surface area (Å²) in [6, 6.07) is 11.1. The molecule has 2 aromatic carbocycles. The average Bonchev–Trinajstić information content (AvgIpc) is 3.41. The summed E-state index contributed by atoms with van der Waals surface area (Å²) in [6.07, 6.45) is 7.05. The zero-order chi connectivity index (χ0) is 21.1. The molecule has 154 valence electrons. The highest BCUT2D eigenvalue weighted by molar-refractivity contribution is 7.22. The molecule has 0 spiro atoms. The molecule has 0 fully saturated rings. The number of imidazole rings is 1. The molecular formula is C22H20Cl2N4OS. The molecule has 0 unspecified atom stereocenters. The highest BCUT2D eigenvalue weighted by Crippen LogP contribution is 2.33. The number of rotatable bonds is 7. The zero-order valence-corrected chi connectivity index (χ0v) is 18.7. The first-order valence-corrected chi connectivity index (χ1v) is 11.2. The van der Waals surface area contributed by atoms with E-state index in [2.05, 4.69) is 18.0 Å². The van der Waals surface area contributed by atoms with E-state index in [1.165, 1.54) is 16.9 Å². The Morgan fingerprint density at radius 1 is 1.23 bits per heavy atom. The molecule has 0 N–H and O–H groups in total. The minimum Gasteiger partial charge on any atom is -0.337 e. The normalized spacial score (nSPS) is 11.2. The maximum atomic E-state index is 13.5. The first-order chi connectivity index (χ1) is 14.6. The fourth-order valence-corrected chi connectivity index (χ4v) is 4.72. The van der Waals surface area contributed by atoms with Crippen LogP contribution in [0.4, 0.5) is 5.13 Å². The van der Waals surface area contributed by atoms with Gasteiger partial charge >= 0.3 is 0 Å². The minimum absolute atomic E-state index is 0.203. The molecule has 2 heterocycles. The highest BCUT2D eigenvalue weighted by Gasteiger charge is 2.23. The van der Waals surface area contributed by atoms with Crippen LogP contribution < -0.4 is 4.90 Å². The van der Waals surface area contributed by atoms with Crippen LogP contribution >= 0.6 is 34.5 Å². The number of carbonyl (C=O) groups excluding carboxylic acids is 1. The van der Waals surface area contributed by atoms with Gasteiger partial charge in [-0.15, -0.1) is 0 Å². The van der Waals surface area contributed by atoms with E-state index in [0.717, 1.165) is 29.6 Å². The van der Waals surface area contributed by atoms with E-state index in [-0.39, 0.29) is 5.91 Å². The molecule has 30 heavy (non-hydrogen) atoms. The van der Waals surface area contributed by atoms with E-state index in [0.29, 0.717) is 27.3 Å². The van der Waals surface area contributed by atoms with Gasteiger partial charge in [-0.3, -0.25) is 9.69 Å². The Hall–Kier alpha value is -2.41. The summed E-state index contributed by atoms with van der Waals surface area (Å²) < 4.78 is 3.05. The van der Waals surface area contributed by atoms with Crippen molar-refractivity contribution in [3.8, 4) is 0 Å². The Balaban J connectivity index is 1.69.